The maximum absolute atomic E-state index is 10.9. The molecule has 0 unspecified atom stereocenters. The van der Waals surface area contributed by atoms with Crippen molar-refractivity contribution >= 4 is 11.8 Å². The Bertz CT molecular complexity index is 243. The molecule has 0 spiro atoms. The predicted octanol–water partition coefficient (Wildman–Crippen LogP) is 1.71. The molecular formula is C10H16O3. The van der Waals surface area contributed by atoms with Gasteiger partial charge in [0.25, 0.3) is 0 Å². The lowest BCUT2D eigenvalue weighted by Gasteiger charge is -2.48. The highest BCUT2D eigenvalue weighted by atomic mass is 16.4. The summed E-state index contributed by atoms with van der Waals surface area (Å²) in [7, 11) is 0. The molecular weight excluding hydrogens is 168 g/mol. The quantitative estimate of drug-likeness (QED) is 0.726. The van der Waals surface area contributed by atoms with Crippen LogP contribution in [0.15, 0.2) is 0 Å². The van der Waals surface area contributed by atoms with Crippen LogP contribution in [0, 0.1) is 17.3 Å². The number of hydrogen-bond acceptors (Lipinski definition) is 2. The van der Waals surface area contributed by atoms with Crippen LogP contribution in [-0.4, -0.2) is 16.9 Å². The monoisotopic (exact) mass is 184 g/mol. The average molecular weight is 184 g/mol. The molecule has 0 radical (unpaired) electrons. The number of carboxylic acids is 1. The molecule has 3 nitrogen and oxygen atoms in total. The van der Waals surface area contributed by atoms with Gasteiger partial charge >= 0.3 is 5.97 Å². The molecule has 0 aromatic heterocycles. The highest BCUT2D eigenvalue weighted by Gasteiger charge is 2.51. The minimum absolute atomic E-state index is 0.0602. The van der Waals surface area contributed by atoms with Gasteiger partial charge in [-0.25, -0.2) is 0 Å². The van der Waals surface area contributed by atoms with Crippen LogP contribution >= 0.6 is 0 Å². The standard InChI is InChI=1S/C10H16O3/c1-6(11)4-7-5-10(2,3)8(7)9(12)13/h7-8H,4-5H2,1-3H3,(H,12,13)/t7-,8+/m1/s1. The molecule has 0 bridgehead atoms. The molecule has 0 aromatic rings. The van der Waals surface area contributed by atoms with E-state index in [1.54, 1.807) is 0 Å². The molecule has 3 heteroatoms. The first-order valence-corrected chi connectivity index (χ1v) is 4.57. The summed E-state index contributed by atoms with van der Waals surface area (Å²) in [6, 6.07) is 0. The van der Waals surface area contributed by atoms with E-state index in [9.17, 15) is 9.59 Å². The van der Waals surface area contributed by atoms with Gasteiger partial charge in [0.15, 0.2) is 0 Å². The lowest BCUT2D eigenvalue weighted by atomic mass is 9.54. The first-order valence-electron chi connectivity index (χ1n) is 4.57. The molecule has 2 atom stereocenters. The Balaban J connectivity index is 2.63. The van der Waals surface area contributed by atoms with Gasteiger partial charge in [0.05, 0.1) is 5.92 Å². The fourth-order valence-corrected chi connectivity index (χ4v) is 2.49. The molecule has 74 valence electrons. The second-order valence-electron chi connectivity index (χ2n) is 4.67. The maximum Gasteiger partial charge on any atom is 0.307 e. The van der Waals surface area contributed by atoms with Crippen LogP contribution < -0.4 is 0 Å². The number of Topliss-reactive ketones (excluding diaryl/α,β-unsaturated/α-hetero) is 1. The highest BCUT2D eigenvalue weighted by molar-refractivity contribution is 5.78. The number of aliphatic carboxylic acids is 1. The lowest BCUT2D eigenvalue weighted by Crippen LogP contribution is -2.49. The average Bonchev–Trinajstić information content (AvgIpc) is 1.80. The molecule has 0 heterocycles. The van der Waals surface area contributed by atoms with Crippen LogP contribution in [0.1, 0.15) is 33.6 Å². The van der Waals surface area contributed by atoms with Crippen LogP contribution in [0.3, 0.4) is 0 Å². The van der Waals surface area contributed by atoms with Crippen LogP contribution in [0.25, 0.3) is 0 Å². The summed E-state index contributed by atoms with van der Waals surface area (Å²) in [6.07, 6.45) is 1.27. The van der Waals surface area contributed by atoms with Crippen LogP contribution in [0.5, 0.6) is 0 Å². The second kappa shape index (κ2) is 3.13. The van der Waals surface area contributed by atoms with E-state index in [-0.39, 0.29) is 23.0 Å². The number of rotatable bonds is 3. The minimum Gasteiger partial charge on any atom is -0.481 e. The van der Waals surface area contributed by atoms with E-state index in [1.807, 2.05) is 13.8 Å². The van der Waals surface area contributed by atoms with Crippen molar-refractivity contribution in [1.29, 1.82) is 0 Å². The highest BCUT2D eigenvalue weighted by Crippen LogP contribution is 2.52. The molecule has 0 saturated heterocycles. The Labute approximate surface area is 78.1 Å². The van der Waals surface area contributed by atoms with Gasteiger partial charge in [0, 0.05) is 6.42 Å². The third-order valence-electron chi connectivity index (χ3n) is 2.92. The molecule has 1 aliphatic carbocycles. The molecule has 1 N–H and O–H groups in total. The number of hydrogen-bond donors (Lipinski definition) is 1. The topological polar surface area (TPSA) is 54.4 Å². The molecule has 13 heavy (non-hydrogen) atoms. The molecule has 1 aliphatic rings. The van der Waals surface area contributed by atoms with Crippen LogP contribution in [-0.2, 0) is 9.59 Å². The zero-order chi connectivity index (χ0) is 10.2. The second-order valence-corrected chi connectivity index (χ2v) is 4.67. The van der Waals surface area contributed by atoms with Crippen molar-refractivity contribution < 1.29 is 14.7 Å². The van der Waals surface area contributed by atoms with E-state index in [0.29, 0.717) is 6.42 Å². The van der Waals surface area contributed by atoms with Crippen molar-refractivity contribution in [1.82, 2.24) is 0 Å². The fraction of sp³-hybridized carbons (Fsp3) is 0.800. The zero-order valence-corrected chi connectivity index (χ0v) is 8.33. The number of carbonyl (C=O) groups is 2. The number of carboxylic acid groups (broad SMARTS) is 1. The van der Waals surface area contributed by atoms with E-state index in [2.05, 4.69) is 0 Å². The normalized spacial score (nSPS) is 30.7. The first-order chi connectivity index (χ1) is 5.84. The minimum atomic E-state index is -0.762. The summed E-state index contributed by atoms with van der Waals surface area (Å²) in [5, 5.41) is 8.94. The summed E-state index contributed by atoms with van der Waals surface area (Å²) in [5.74, 6) is -0.948. The summed E-state index contributed by atoms with van der Waals surface area (Å²) < 4.78 is 0. The van der Waals surface area contributed by atoms with Gasteiger partial charge in [-0.3, -0.25) is 4.79 Å². The fourth-order valence-electron chi connectivity index (χ4n) is 2.49. The van der Waals surface area contributed by atoms with Crippen molar-refractivity contribution in [3.05, 3.63) is 0 Å². The Kier molecular flexibility index (Phi) is 2.46. The maximum atomic E-state index is 10.9. The number of ketones is 1. The summed E-state index contributed by atoms with van der Waals surface area (Å²) in [4.78, 5) is 21.7. The molecule has 0 aliphatic heterocycles. The lowest BCUT2D eigenvalue weighted by molar-refractivity contribution is -0.160. The van der Waals surface area contributed by atoms with E-state index >= 15 is 0 Å². The Hall–Kier alpha value is -0.860. The van der Waals surface area contributed by atoms with Gasteiger partial charge in [0.2, 0.25) is 0 Å². The third-order valence-corrected chi connectivity index (χ3v) is 2.92. The molecule has 0 aromatic carbocycles. The summed E-state index contributed by atoms with van der Waals surface area (Å²) in [6.45, 7) is 5.41. The third kappa shape index (κ3) is 1.90. The van der Waals surface area contributed by atoms with Crippen molar-refractivity contribution in [2.24, 2.45) is 17.3 Å². The molecule has 1 rings (SSSR count). The first kappa shape index (κ1) is 10.2. The Morgan fingerprint density at radius 2 is 2.00 bits per heavy atom. The van der Waals surface area contributed by atoms with Gasteiger partial charge in [-0.05, 0) is 24.7 Å². The summed E-state index contributed by atoms with van der Waals surface area (Å²) in [5.41, 5.74) is -0.133. The van der Waals surface area contributed by atoms with Gasteiger partial charge in [-0.2, -0.15) is 0 Å². The van der Waals surface area contributed by atoms with Crippen molar-refractivity contribution in [2.75, 3.05) is 0 Å². The smallest absolute Gasteiger partial charge is 0.307 e. The van der Waals surface area contributed by atoms with E-state index in [0.717, 1.165) is 6.42 Å². The molecule has 1 fully saturated rings. The van der Waals surface area contributed by atoms with Crippen molar-refractivity contribution in [3.8, 4) is 0 Å². The van der Waals surface area contributed by atoms with Crippen molar-refractivity contribution in [2.45, 2.75) is 33.6 Å². The molecule has 1 saturated carbocycles. The zero-order valence-electron chi connectivity index (χ0n) is 8.33. The Morgan fingerprint density at radius 3 is 2.31 bits per heavy atom. The van der Waals surface area contributed by atoms with Gasteiger partial charge in [-0.1, -0.05) is 13.8 Å². The van der Waals surface area contributed by atoms with E-state index in [1.165, 1.54) is 6.92 Å². The van der Waals surface area contributed by atoms with Gasteiger partial charge in [0.1, 0.15) is 5.78 Å². The van der Waals surface area contributed by atoms with Gasteiger partial charge < -0.3 is 9.90 Å². The molecule has 0 amide bonds. The van der Waals surface area contributed by atoms with Crippen LogP contribution in [0.4, 0.5) is 0 Å². The largest absolute Gasteiger partial charge is 0.481 e. The van der Waals surface area contributed by atoms with Crippen LogP contribution in [0.2, 0.25) is 0 Å². The van der Waals surface area contributed by atoms with E-state index < -0.39 is 5.97 Å². The predicted molar refractivity (Wildman–Crippen MR) is 48.3 cm³/mol. The Morgan fingerprint density at radius 1 is 1.46 bits per heavy atom. The van der Waals surface area contributed by atoms with Gasteiger partial charge in [-0.15, -0.1) is 0 Å². The summed E-state index contributed by atoms with van der Waals surface area (Å²) >= 11 is 0. The van der Waals surface area contributed by atoms with E-state index in [4.69, 9.17) is 5.11 Å². The SMILES string of the molecule is CC(=O)C[C@@H]1CC(C)(C)[C@@H]1C(=O)O. The van der Waals surface area contributed by atoms with Crippen molar-refractivity contribution in [3.63, 3.8) is 0 Å². The number of carbonyl (C=O) groups excluding carboxylic acids is 1.